The smallest absolute Gasteiger partial charge is 0.230 e. The van der Waals surface area contributed by atoms with Crippen molar-refractivity contribution in [2.45, 2.75) is 38.0 Å². The third-order valence-electron chi connectivity index (χ3n) is 2.61. The van der Waals surface area contributed by atoms with Crippen molar-refractivity contribution in [1.82, 2.24) is 20.1 Å². The fourth-order valence-corrected chi connectivity index (χ4v) is 2.61. The second kappa shape index (κ2) is 8.93. The van der Waals surface area contributed by atoms with Crippen LogP contribution in [0.15, 0.2) is 5.16 Å². The van der Waals surface area contributed by atoms with Crippen LogP contribution in [0.3, 0.4) is 0 Å². The van der Waals surface area contributed by atoms with E-state index in [1.54, 1.807) is 7.11 Å². The largest absolute Gasteiger partial charge is 0.385 e. The van der Waals surface area contributed by atoms with E-state index >= 15 is 0 Å². The number of hydrogen-bond donors (Lipinski definition) is 2. The van der Waals surface area contributed by atoms with Crippen LogP contribution in [0.1, 0.15) is 32.1 Å². The number of nitrogens with one attached hydrogen (secondary N) is 1. The third kappa shape index (κ3) is 5.10. The lowest BCUT2D eigenvalue weighted by molar-refractivity contribution is -0.118. The van der Waals surface area contributed by atoms with Gasteiger partial charge in [0.1, 0.15) is 5.82 Å². The molecular formula is C12H23N5O2S. The first-order chi connectivity index (χ1) is 9.60. The quantitative estimate of drug-likeness (QED) is 0.511. The van der Waals surface area contributed by atoms with Crippen LogP contribution in [0.4, 0.5) is 0 Å². The molecule has 8 heteroatoms. The topological polar surface area (TPSA) is 95.1 Å². The number of nitrogens with two attached hydrogens (primary N) is 1. The van der Waals surface area contributed by atoms with Gasteiger partial charge in [-0.05, 0) is 20.3 Å². The van der Waals surface area contributed by atoms with Crippen molar-refractivity contribution in [2.75, 3.05) is 26.0 Å². The van der Waals surface area contributed by atoms with Gasteiger partial charge in [-0.25, -0.2) is 0 Å². The molecule has 0 aromatic carbocycles. The molecule has 0 aliphatic rings. The molecule has 1 aromatic rings. The van der Waals surface area contributed by atoms with E-state index in [-0.39, 0.29) is 11.9 Å². The van der Waals surface area contributed by atoms with E-state index in [1.807, 2.05) is 18.4 Å². The van der Waals surface area contributed by atoms with Crippen molar-refractivity contribution in [3.8, 4) is 0 Å². The maximum atomic E-state index is 11.7. The van der Waals surface area contributed by atoms with Crippen molar-refractivity contribution in [3.05, 3.63) is 5.82 Å². The fourth-order valence-electron chi connectivity index (χ4n) is 1.69. The number of thioether (sulfide) groups is 1. The van der Waals surface area contributed by atoms with E-state index in [2.05, 4.69) is 15.5 Å². The second-order valence-electron chi connectivity index (χ2n) is 4.55. The molecule has 1 aromatic heterocycles. The first kappa shape index (κ1) is 16.9. The van der Waals surface area contributed by atoms with Gasteiger partial charge in [0.15, 0.2) is 5.16 Å². The first-order valence-corrected chi connectivity index (χ1v) is 7.61. The van der Waals surface area contributed by atoms with Crippen LogP contribution in [0.25, 0.3) is 0 Å². The van der Waals surface area contributed by atoms with Crippen molar-refractivity contribution in [2.24, 2.45) is 5.73 Å². The van der Waals surface area contributed by atoms with Gasteiger partial charge < -0.3 is 20.4 Å². The van der Waals surface area contributed by atoms with E-state index in [0.29, 0.717) is 25.4 Å². The molecule has 20 heavy (non-hydrogen) atoms. The maximum absolute atomic E-state index is 11.7. The minimum atomic E-state index is -0.0151. The van der Waals surface area contributed by atoms with Gasteiger partial charge in [-0.2, -0.15) is 0 Å². The molecule has 0 unspecified atom stereocenters. The number of carbonyl (C=O) groups excluding carboxylic acids is 1. The zero-order valence-corrected chi connectivity index (χ0v) is 13.1. The fraction of sp³-hybridized carbons (Fsp3) is 0.750. The lowest BCUT2D eigenvalue weighted by atomic mass is 10.4. The molecule has 0 bridgehead atoms. The van der Waals surface area contributed by atoms with Crippen LogP contribution in [-0.4, -0.2) is 46.7 Å². The highest BCUT2D eigenvalue weighted by molar-refractivity contribution is 7.99. The van der Waals surface area contributed by atoms with Crippen LogP contribution in [0.2, 0.25) is 0 Å². The second-order valence-corrected chi connectivity index (χ2v) is 5.49. The monoisotopic (exact) mass is 301 g/mol. The van der Waals surface area contributed by atoms with Crippen LogP contribution in [0.5, 0.6) is 0 Å². The lowest BCUT2D eigenvalue weighted by Crippen LogP contribution is -2.27. The third-order valence-corrected chi connectivity index (χ3v) is 3.56. The standard InChI is InChI=1S/C12H23N5O2S/c1-9(2)17-10(7-13)15-16-12(17)20-8-11(18)14-5-4-6-19-3/h9H,4-8,13H2,1-3H3,(H,14,18). The number of amides is 1. The summed E-state index contributed by atoms with van der Waals surface area (Å²) >= 11 is 1.37. The predicted molar refractivity (Wildman–Crippen MR) is 78.5 cm³/mol. The van der Waals surface area contributed by atoms with Gasteiger partial charge in [-0.3, -0.25) is 4.79 Å². The number of nitrogens with zero attached hydrogens (tertiary/aromatic N) is 3. The molecule has 3 N–H and O–H groups in total. The Bertz CT molecular complexity index is 422. The summed E-state index contributed by atoms with van der Waals surface area (Å²) in [5, 5.41) is 11.7. The summed E-state index contributed by atoms with van der Waals surface area (Å²) in [7, 11) is 1.64. The molecule has 0 aliphatic carbocycles. The normalized spacial score (nSPS) is 11.1. The number of methoxy groups -OCH3 is 1. The predicted octanol–water partition coefficient (Wildman–Crippen LogP) is 0.562. The van der Waals surface area contributed by atoms with E-state index in [4.69, 9.17) is 10.5 Å². The van der Waals surface area contributed by atoms with E-state index in [0.717, 1.165) is 17.4 Å². The highest BCUT2D eigenvalue weighted by Gasteiger charge is 2.15. The van der Waals surface area contributed by atoms with Gasteiger partial charge in [0.2, 0.25) is 5.91 Å². The first-order valence-electron chi connectivity index (χ1n) is 6.62. The van der Waals surface area contributed by atoms with Crippen LogP contribution >= 0.6 is 11.8 Å². The summed E-state index contributed by atoms with van der Waals surface area (Å²) in [6, 6.07) is 0.218. The Balaban J connectivity index is 2.45. The van der Waals surface area contributed by atoms with Gasteiger partial charge in [-0.1, -0.05) is 11.8 Å². The number of ether oxygens (including phenoxy) is 1. The molecule has 0 spiro atoms. The highest BCUT2D eigenvalue weighted by Crippen LogP contribution is 2.21. The van der Waals surface area contributed by atoms with Crippen molar-refractivity contribution in [3.63, 3.8) is 0 Å². The summed E-state index contributed by atoms with van der Waals surface area (Å²) in [6.45, 7) is 5.69. The SMILES string of the molecule is COCCCNC(=O)CSc1nnc(CN)n1C(C)C. The summed E-state index contributed by atoms with van der Waals surface area (Å²) < 4.78 is 6.88. The molecule has 0 fully saturated rings. The summed E-state index contributed by atoms with van der Waals surface area (Å²) in [5.74, 6) is 1.05. The highest BCUT2D eigenvalue weighted by atomic mass is 32.2. The van der Waals surface area contributed by atoms with Gasteiger partial charge in [0, 0.05) is 26.3 Å². The Morgan fingerprint density at radius 1 is 1.50 bits per heavy atom. The number of carbonyl (C=O) groups is 1. The summed E-state index contributed by atoms with van der Waals surface area (Å²) in [6.07, 6.45) is 0.812. The van der Waals surface area contributed by atoms with Gasteiger partial charge in [0.25, 0.3) is 0 Å². The van der Waals surface area contributed by atoms with Gasteiger partial charge in [0.05, 0.1) is 12.3 Å². The number of rotatable bonds is 9. The van der Waals surface area contributed by atoms with Crippen molar-refractivity contribution in [1.29, 1.82) is 0 Å². The Morgan fingerprint density at radius 3 is 2.85 bits per heavy atom. The molecule has 1 rings (SSSR count). The zero-order chi connectivity index (χ0) is 15.0. The molecule has 0 atom stereocenters. The van der Waals surface area contributed by atoms with Crippen LogP contribution in [0, 0.1) is 0 Å². The van der Waals surface area contributed by atoms with Crippen molar-refractivity contribution >= 4 is 17.7 Å². The minimum Gasteiger partial charge on any atom is -0.385 e. The molecule has 0 saturated carbocycles. The Kier molecular flexibility index (Phi) is 7.56. The average molecular weight is 301 g/mol. The Morgan fingerprint density at radius 2 is 2.25 bits per heavy atom. The molecule has 114 valence electrons. The molecule has 1 amide bonds. The zero-order valence-electron chi connectivity index (χ0n) is 12.3. The summed E-state index contributed by atoms with van der Waals surface area (Å²) in [5.41, 5.74) is 5.63. The van der Waals surface area contributed by atoms with Gasteiger partial charge >= 0.3 is 0 Å². The average Bonchev–Trinajstić information content (AvgIpc) is 2.84. The number of hydrogen-bond acceptors (Lipinski definition) is 6. The summed E-state index contributed by atoms with van der Waals surface area (Å²) in [4.78, 5) is 11.7. The number of aromatic nitrogens is 3. The van der Waals surface area contributed by atoms with Crippen molar-refractivity contribution < 1.29 is 9.53 Å². The Labute approximate surface area is 123 Å². The van der Waals surface area contributed by atoms with E-state index in [9.17, 15) is 4.79 Å². The molecule has 0 saturated heterocycles. The lowest BCUT2D eigenvalue weighted by Gasteiger charge is -2.12. The van der Waals surface area contributed by atoms with E-state index < -0.39 is 0 Å². The minimum absolute atomic E-state index is 0.0151. The van der Waals surface area contributed by atoms with E-state index in [1.165, 1.54) is 11.8 Å². The van der Waals surface area contributed by atoms with Gasteiger partial charge in [-0.15, -0.1) is 10.2 Å². The van der Waals surface area contributed by atoms with Crippen LogP contribution < -0.4 is 11.1 Å². The molecule has 1 heterocycles. The molecule has 0 aliphatic heterocycles. The molecule has 0 radical (unpaired) electrons. The van der Waals surface area contributed by atoms with Crippen LogP contribution in [-0.2, 0) is 16.1 Å². The Hall–Kier alpha value is -1.12. The molecular weight excluding hydrogens is 278 g/mol. The molecule has 7 nitrogen and oxygen atoms in total. The maximum Gasteiger partial charge on any atom is 0.230 e.